The first kappa shape index (κ1) is 71.4. The highest BCUT2D eigenvalue weighted by Gasteiger charge is 2.53. The Bertz CT molecular complexity index is 3910. The van der Waals surface area contributed by atoms with E-state index in [0.29, 0.717) is 32.2 Å². The number of methoxy groups -OCH3 is 1. The van der Waals surface area contributed by atoms with Crippen molar-refractivity contribution >= 4 is 63.7 Å². The third-order valence-electron chi connectivity index (χ3n) is 20.0. The quantitative estimate of drug-likeness (QED) is 0.109. The standard InChI is InChI=1S/C70H85FN4O22/c1-31-16-14-18-41(36(6)94-68(88)69(9,10)27-49(78)73(12)40-17-15-22-74(28-40)55-44(71)24-42-54(64(55)89-13)75(39-19-20-39)29-43(59(42)82)67(86)87)57(80)33(3)56(79)34(4)61(95-38(8)76)32(2)47(96-50-26-48-63(37(7)93-50)91-30-90-48)21-23-92-70(11)65(84)53-51-46(77)25-45(72-66(31)85)60(83)52(51)58(81)35(5)62(53)97-70/h14,16,18,21,23-25,29,32-34,36-37,39-41,47-48,50,56-57,61,63,79-81H,15,17,19-20,22,26-28,30H2,1-13H3,(H,72,85)(H,86,87)/b18-14+,23-21+,31-16-/t32-,33+,34-,36?,37-,40?,41-,47+,48+,50+,56-,57-,61-,63-,70+/m1/s1. The number of phenolic OH excluding ortho intramolecular Hbond substituents is 1. The summed E-state index contributed by atoms with van der Waals surface area (Å²) in [7, 11) is 2.91. The fraction of sp³-hybridized carbons (Fsp3) is 0.557. The highest BCUT2D eigenvalue weighted by atomic mass is 19.1. The van der Waals surface area contributed by atoms with Crippen LogP contribution in [0.15, 0.2) is 65.0 Å². The number of aromatic nitrogens is 1. The number of rotatable bonds is 13. The number of amides is 2. The van der Waals surface area contributed by atoms with E-state index in [1.54, 1.807) is 37.3 Å². The monoisotopic (exact) mass is 1350 g/mol. The number of hydrogen-bond donors (Lipinski definition) is 5. The van der Waals surface area contributed by atoms with Crippen LogP contribution >= 0.6 is 0 Å². The maximum absolute atomic E-state index is 16.5. The van der Waals surface area contributed by atoms with E-state index < -0.39 is 182 Å². The van der Waals surface area contributed by atoms with Gasteiger partial charge in [0.15, 0.2) is 23.6 Å². The Morgan fingerprint density at radius 1 is 0.959 bits per heavy atom. The second kappa shape index (κ2) is 27.9. The molecule has 6 aliphatic heterocycles. The summed E-state index contributed by atoms with van der Waals surface area (Å²) in [6.45, 7) is 16.8. The molecule has 8 aliphatic rings. The zero-order valence-electron chi connectivity index (χ0n) is 56.5. The molecule has 2 aromatic carbocycles. The number of nitrogens with zero attached hydrogens (tertiary/aromatic N) is 3. The summed E-state index contributed by atoms with van der Waals surface area (Å²) in [6, 6.07) is 0.382. The van der Waals surface area contributed by atoms with Crippen molar-refractivity contribution in [3.63, 3.8) is 0 Å². The van der Waals surface area contributed by atoms with Crippen molar-refractivity contribution in [2.45, 2.75) is 188 Å². The lowest BCUT2D eigenvalue weighted by atomic mass is 9.77. The third-order valence-corrected chi connectivity index (χ3v) is 20.0. The lowest BCUT2D eigenvalue weighted by Crippen LogP contribution is -2.50. The molecule has 15 atom stereocenters. The summed E-state index contributed by atoms with van der Waals surface area (Å²) < 4.78 is 72.9. The van der Waals surface area contributed by atoms with Gasteiger partial charge in [0.1, 0.15) is 47.9 Å². The minimum absolute atomic E-state index is 0.0289. The van der Waals surface area contributed by atoms with Crippen LogP contribution in [0.25, 0.3) is 10.9 Å². The molecule has 1 aromatic heterocycles. The van der Waals surface area contributed by atoms with Crippen LogP contribution in [0.2, 0.25) is 0 Å². The number of benzene rings is 2. The number of carboxylic acids is 1. The number of Topliss-reactive ketones (excluding diaryl/α,β-unsaturated/α-hetero) is 2. The van der Waals surface area contributed by atoms with E-state index in [4.69, 9.17) is 42.6 Å². The number of halogens is 1. The average molecular weight is 1350 g/mol. The molecule has 2 unspecified atom stereocenters. The first-order valence-electron chi connectivity index (χ1n) is 32.6. The fourth-order valence-corrected chi connectivity index (χ4v) is 14.0. The van der Waals surface area contributed by atoms with Gasteiger partial charge in [0, 0.05) is 106 Å². The number of ether oxygens (including phenoxy) is 9. The number of anilines is 1. The first-order chi connectivity index (χ1) is 45.7. The Balaban J connectivity index is 0.929. The number of carbonyl (C=O) groups is 8. The molecule has 3 saturated heterocycles. The van der Waals surface area contributed by atoms with Crippen molar-refractivity contribution in [2.75, 3.05) is 38.9 Å². The van der Waals surface area contributed by atoms with Crippen LogP contribution in [0.4, 0.5) is 10.1 Å². The minimum atomic E-state index is -2.22. The van der Waals surface area contributed by atoms with Crippen LogP contribution in [0.5, 0.6) is 17.2 Å². The number of hydrogen-bond acceptors (Lipinski definition) is 22. The number of aliphatic hydroxyl groups excluding tert-OH is 2. The second-order valence-electron chi connectivity index (χ2n) is 27.3. The van der Waals surface area contributed by atoms with Gasteiger partial charge in [0.05, 0.1) is 82.6 Å². The van der Waals surface area contributed by atoms with E-state index in [1.165, 1.54) is 97.9 Å². The molecule has 524 valence electrons. The maximum atomic E-state index is 16.5. The number of ketones is 3. The molecule has 7 heterocycles. The van der Waals surface area contributed by atoms with Crippen LogP contribution in [0, 0.1) is 41.8 Å². The van der Waals surface area contributed by atoms with Crippen LogP contribution in [-0.2, 0) is 52.3 Å². The molecule has 0 radical (unpaired) electrons. The molecule has 3 aromatic rings. The molecule has 5 bridgehead atoms. The van der Waals surface area contributed by atoms with Gasteiger partial charge in [0.25, 0.3) is 11.7 Å². The van der Waals surface area contributed by atoms with Crippen molar-refractivity contribution in [2.24, 2.45) is 29.1 Å². The topological polar surface area (TPSA) is 341 Å². The molecular formula is C70H85FN4O22. The van der Waals surface area contributed by atoms with Gasteiger partial charge in [-0.05, 0) is 79.4 Å². The number of likely N-dealkylation sites (N-methyl/N-ethyl adjacent to an activating group) is 1. The number of piperidine rings is 1. The van der Waals surface area contributed by atoms with Crippen LogP contribution in [0.3, 0.4) is 0 Å². The SMILES string of the molecule is COc1c(N2CCCC(N(C)C(=O)CC(C)(C)C(=O)OC(C)[C@H]3/C=C/C=C(/C)C(=O)NC4=CC(=O)c5c(c(O)c(C)c6c5C(=O)[C@@](C)(O/C=C/[C@H](O[C@H]5C[C@@H]7OCO[C@@H]7[C@@H](C)O5)[C@@H](C)[C@@H](OC(C)=O)[C@H](C)[C@H](O)[C@H](C)[C@H]3O)O6)C4=O)C2)c(F)cc2c(=O)c(C(=O)O)cn(C3CC3)c12. The highest BCUT2D eigenvalue weighted by Crippen LogP contribution is 2.49. The van der Waals surface area contributed by atoms with Crippen molar-refractivity contribution in [1.82, 2.24) is 14.8 Å². The summed E-state index contributed by atoms with van der Waals surface area (Å²) in [5.41, 5.74) is -4.64. The van der Waals surface area contributed by atoms with Gasteiger partial charge in [-0.2, -0.15) is 0 Å². The van der Waals surface area contributed by atoms with Crippen molar-refractivity contribution < 1.29 is 106 Å². The Labute approximate surface area is 559 Å². The predicted molar refractivity (Wildman–Crippen MR) is 343 cm³/mol. The summed E-state index contributed by atoms with van der Waals surface area (Å²) in [4.78, 5) is 128. The number of aromatic hydroxyl groups is 1. The molecule has 2 aliphatic carbocycles. The lowest BCUT2D eigenvalue weighted by Gasteiger charge is -2.41. The summed E-state index contributed by atoms with van der Waals surface area (Å²) >= 11 is 0. The molecule has 0 spiro atoms. The van der Waals surface area contributed by atoms with Gasteiger partial charge in [-0.25, -0.2) is 9.18 Å². The van der Waals surface area contributed by atoms with Crippen LogP contribution < -0.4 is 25.1 Å². The molecule has 4 fully saturated rings. The average Bonchev–Trinajstić information content (AvgIpc) is 1.64. The van der Waals surface area contributed by atoms with Crippen molar-refractivity contribution in [1.29, 1.82) is 0 Å². The molecular weight excluding hydrogens is 1270 g/mol. The van der Waals surface area contributed by atoms with Crippen LogP contribution in [0.1, 0.15) is 161 Å². The number of fused-ring (bicyclic) bond motifs is 16. The van der Waals surface area contributed by atoms with E-state index in [1.807, 2.05) is 0 Å². The summed E-state index contributed by atoms with van der Waals surface area (Å²) in [5.74, 6) is -15.4. The number of carbonyl (C=O) groups excluding carboxylic acids is 7. The molecule has 5 N–H and O–H groups in total. The molecule has 97 heavy (non-hydrogen) atoms. The predicted octanol–water partition coefficient (Wildman–Crippen LogP) is 6.83. The van der Waals surface area contributed by atoms with Crippen molar-refractivity contribution in [3.05, 3.63) is 104 Å². The first-order valence-corrected chi connectivity index (χ1v) is 32.6. The van der Waals surface area contributed by atoms with E-state index in [2.05, 4.69) is 5.32 Å². The molecule has 27 heteroatoms. The van der Waals surface area contributed by atoms with Crippen LogP contribution in [-0.4, -0.2) is 178 Å². The smallest absolute Gasteiger partial charge is 0.341 e. The minimum Gasteiger partial charge on any atom is -0.507 e. The van der Waals surface area contributed by atoms with Gasteiger partial charge in [0.2, 0.25) is 17.1 Å². The largest absolute Gasteiger partial charge is 0.507 e. The maximum Gasteiger partial charge on any atom is 0.341 e. The number of allylic oxidation sites excluding steroid dienone is 4. The normalized spacial score (nSPS) is 31.0. The number of phenols is 1. The Hall–Kier alpha value is -8.34. The number of nitrogens with one attached hydrogen (secondary N) is 1. The zero-order chi connectivity index (χ0) is 70.8. The number of esters is 2. The van der Waals surface area contributed by atoms with Gasteiger partial charge in [-0.1, -0.05) is 39.0 Å². The molecule has 2 amide bonds. The van der Waals surface area contributed by atoms with E-state index in [0.717, 1.165) is 18.4 Å². The van der Waals surface area contributed by atoms with E-state index in [9.17, 15) is 63.6 Å². The summed E-state index contributed by atoms with van der Waals surface area (Å²) in [5, 5.41) is 48.8. The van der Waals surface area contributed by atoms with Gasteiger partial charge in [-0.3, -0.25) is 38.4 Å². The Morgan fingerprint density at radius 3 is 2.34 bits per heavy atom. The lowest BCUT2D eigenvalue weighted by molar-refractivity contribution is -0.246. The molecule has 26 nitrogen and oxygen atoms in total. The van der Waals surface area contributed by atoms with E-state index >= 15 is 4.39 Å². The highest BCUT2D eigenvalue weighted by molar-refractivity contribution is 6.31. The molecule has 11 rings (SSSR count). The molecule has 1 saturated carbocycles. The number of aromatic carboxylic acids is 1. The van der Waals surface area contributed by atoms with E-state index in [-0.39, 0.29) is 77.0 Å². The number of carboxylic acid groups (broad SMARTS) is 1. The number of pyridine rings is 1. The fourth-order valence-electron chi connectivity index (χ4n) is 14.0. The second-order valence-corrected chi connectivity index (χ2v) is 27.3. The van der Waals surface area contributed by atoms with Gasteiger partial charge in [-0.15, -0.1) is 0 Å². The zero-order valence-corrected chi connectivity index (χ0v) is 56.5. The van der Waals surface area contributed by atoms with Gasteiger partial charge >= 0.3 is 23.7 Å². The third kappa shape index (κ3) is 13.8. The number of aliphatic hydroxyl groups is 2. The Kier molecular flexibility index (Phi) is 20.5. The van der Waals surface area contributed by atoms with Crippen molar-refractivity contribution in [3.8, 4) is 17.2 Å². The summed E-state index contributed by atoms with van der Waals surface area (Å²) in [6.07, 6.45) is 1.94. The van der Waals surface area contributed by atoms with Gasteiger partial charge < -0.3 is 82.7 Å². The Morgan fingerprint density at radius 2 is 1.67 bits per heavy atom.